The van der Waals surface area contributed by atoms with E-state index in [0.29, 0.717) is 30.2 Å². The average Bonchev–Trinajstić information content (AvgIpc) is 3.29. The second-order valence-electron chi connectivity index (χ2n) is 7.71. The van der Waals surface area contributed by atoms with E-state index in [1.807, 2.05) is 47.4 Å². The van der Waals surface area contributed by atoms with Gasteiger partial charge in [-0.3, -0.25) is 14.9 Å². The molecule has 7 nitrogen and oxygen atoms in total. The predicted octanol–water partition coefficient (Wildman–Crippen LogP) is 4.65. The second kappa shape index (κ2) is 8.11. The Labute approximate surface area is 184 Å². The number of nitro benzene ring substituents is 1. The van der Waals surface area contributed by atoms with Gasteiger partial charge >= 0.3 is 0 Å². The molecule has 0 bridgehead atoms. The van der Waals surface area contributed by atoms with Crippen molar-refractivity contribution in [3.05, 3.63) is 112 Å². The van der Waals surface area contributed by atoms with Crippen molar-refractivity contribution in [1.29, 1.82) is 0 Å². The van der Waals surface area contributed by atoms with Gasteiger partial charge in [0, 0.05) is 30.8 Å². The maximum absolute atomic E-state index is 13.6. The first-order valence-corrected chi connectivity index (χ1v) is 10.4. The summed E-state index contributed by atoms with van der Waals surface area (Å²) >= 11 is 0. The van der Waals surface area contributed by atoms with Crippen molar-refractivity contribution in [2.24, 2.45) is 0 Å². The molecule has 0 unspecified atom stereocenters. The van der Waals surface area contributed by atoms with Crippen LogP contribution >= 0.6 is 0 Å². The third-order valence-corrected chi connectivity index (χ3v) is 5.72. The molecule has 0 aliphatic carbocycles. The Morgan fingerprint density at radius 2 is 1.59 bits per heavy atom. The minimum atomic E-state index is -0.445. The van der Waals surface area contributed by atoms with Crippen LogP contribution in [0, 0.1) is 10.1 Å². The summed E-state index contributed by atoms with van der Waals surface area (Å²) in [5.41, 5.74) is 5.00. The fourth-order valence-corrected chi connectivity index (χ4v) is 4.03. The van der Waals surface area contributed by atoms with E-state index in [0.717, 1.165) is 17.5 Å². The molecule has 0 spiro atoms. The zero-order valence-corrected chi connectivity index (χ0v) is 17.2. The van der Waals surface area contributed by atoms with Crippen LogP contribution in [0.2, 0.25) is 0 Å². The van der Waals surface area contributed by atoms with Crippen molar-refractivity contribution in [3.63, 3.8) is 0 Å². The Morgan fingerprint density at radius 3 is 2.31 bits per heavy atom. The summed E-state index contributed by atoms with van der Waals surface area (Å²) in [6, 6.07) is 25.7. The summed E-state index contributed by atoms with van der Waals surface area (Å²) in [6.07, 6.45) is 0.805. The number of rotatable bonds is 4. The molecule has 0 saturated carbocycles. The van der Waals surface area contributed by atoms with Crippen molar-refractivity contribution < 1.29 is 9.72 Å². The zero-order valence-electron chi connectivity index (χ0n) is 17.2. The van der Waals surface area contributed by atoms with E-state index in [9.17, 15) is 14.9 Å². The maximum atomic E-state index is 13.6. The number of nitrogens with zero attached hydrogens (tertiary/aromatic N) is 4. The highest BCUT2D eigenvalue weighted by Crippen LogP contribution is 2.26. The van der Waals surface area contributed by atoms with Crippen molar-refractivity contribution >= 4 is 11.6 Å². The van der Waals surface area contributed by atoms with E-state index in [2.05, 4.69) is 17.2 Å². The number of carbonyl (C=O) groups is 1. The Morgan fingerprint density at radius 1 is 0.906 bits per heavy atom. The molecule has 0 N–H and O–H groups in total. The molecule has 0 fully saturated rings. The van der Waals surface area contributed by atoms with Gasteiger partial charge in [0.1, 0.15) is 5.69 Å². The van der Waals surface area contributed by atoms with E-state index >= 15 is 0 Å². The minimum absolute atomic E-state index is 0.00953. The molecule has 1 aromatic heterocycles. The number of carbonyl (C=O) groups excluding carboxylic acids is 1. The van der Waals surface area contributed by atoms with Crippen molar-refractivity contribution in [2.45, 2.75) is 13.0 Å². The molecule has 1 amide bonds. The van der Waals surface area contributed by atoms with Crippen LogP contribution in [0.25, 0.3) is 16.9 Å². The minimum Gasteiger partial charge on any atom is -0.333 e. The van der Waals surface area contributed by atoms with Gasteiger partial charge in [0.15, 0.2) is 0 Å². The van der Waals surface area contributed by atoms with Crippen LogP contribution in [-0.4, -0.2) is 32.1 Å². The smallest absolute Gasteiger partial charge is 0.272 e. The van der Waals surface area contributed by atoms with Gasteiger partial charge in [-0.05, 0) is 35.7 Å². The van der Waals surface area contributed by atoms with E-state index in [4.69, 9.17) is 0 Å². The van der Waals surface area contributed by atoms with Crippen LogP contribution < -0.4 is 0 Å². The number of nitro groups is 1. The van der Waals surface area contributed by atoms with Gasteiger partial charge in [0.05, 0.1) is 16.3 Å². The summed E-state index contributed by atoms with van der Waals surface area (Å²) in [6.45, 7) is 1.17. The number of hydrogen-bond donors (Lipinski definition) is 0. The average molecular weight is 424 g/mol. The summed E-state index contributed by atoms with van der Waals surface area (Å²) in [4.78, 5) is 26.0. The quantitative estimate of drug-likeness (QED) is 0.353. The van der Waals surface area contributed by atoms with Crippen LogP contribution in [0.1, 0.15) is 21.6 Å². The Bertz CT molecular complexity index is 1300. The molecule has 5 rings (SSSR count). The lowest BCUT2D eigenvalue weighted by Crippen LogP contribution is -2.37. The number of fused-ring (bicyclic) bond motifs is 1. The molecule has 3 aromatic carbocycles. The third-order valence-electron chi connectivity index (χ3n) is 5.72. The molecule has 7 heteroatoms. The van der Waals surface area contributed by atoms with Gasteiger partial charge in [0.25, 0.3) is 11.6 Å². The first kappa shape index (κ1) is 19.7. The van der Waals surface area contributed by atoms with E-state index in [-0.39, 0.29) is 11.6 Å². The number of aromatic nitrogens is 2. The first-order chi connectivity index (χ1) is 15.6. The molecular weight excluding hydrogens is 404 g/mol. The summed E-state index contributed by atoms with van der Waals surface area (Å²) in [5.74, 6) is -0.118. The molecular formula is C25H20N4O3. The molecule has 2 heterocycles. The summed E-state index contributed by atoms with van der Waals surface area (Å²) < 4.78 is 1.58. The maximum Gasteiger partial charge on any atom is 0.272 e. The van der Waals surface area contributed by atoms with Gasteiger partial charge < -0.3 is 4.90 Å². The van der Waals surface area contributed by atoms with Gasteiger partial charge in [0.2, 0.25) is 0 Å². The molecule has 1 aliphatic heterocycles. The van der Waals surface area contributed by atoms with Gasteiger partial charge in [-0.2, -0.15) is 5.10 Å². The van der Waals surface area contributed by atoms with E-state index < -0.39 is 4.92 Å². The highest BCUT2D eigenvalue weighted by atomic mass is 16.6. The van der Waals surface area contributed by atoms with Crippen molar-refractivity contribution in [2.75, 3.05) is 6.54 Å². The summed E-state index contributed by atoms with van der Waals surface area (Å²) in [5, 5.41) is 15.7. The number of non-ortho nitro benzene ring substituents is 1. The SMILES string of the molecule is O=C(c1cc(-c2ccccc2)nn1-c1ccc([N+](=O)[O-])cc1)N1CCc2ccccc2C1. The predicted molar refractivity (Wildman–Crippen MR) is 121 cm³/mol. The third kappa shape index (κ3) is 3.65. The number of amides is 1. The largest absolute Gasteiger partial charge is 0.333 e. The fourth-order valence-electron chi connectivity index (χ4n) is 4.03. The fraction of sp³-hybridized carbons (Fsp3) is 0.120. The standard InChI is InChI=1S/C25H20N4O3/c30-25(27-15-14-18-6-4-5-9-20(18)17-27)24-16-23(19-7-2-1-3-8-19)26-28(24)21-10-12-22(13-11-21)29(31)32/h1-13,16H,14-15,17H2. The van der Waals surface area contributed by atoms with Crippen LogP contribution in [0.15, 0.2) is 84.9 Å². The molecule has 158 valence electrons. The lowest BCUT2D eigenvalue weighted by Gasteiger charge is -2.29. The monoisotopic (exact) mass is 424 g/mol. The Kier molecular flexibility index (Phi) is 4.99. The number of hydrogen-bond acceptors (Lipinski definition) is 4. The van der Waals surface area contributed by atoms with Gasteiger partial charge in [-0.1, -0.05) is 54.6 Å². The molecule has 0 radical (unpaired) electrons. The summed E-state index contributed by atoms with van der Waals surface area (Å²) in [7, 11) is 0. The highest BCUT2D eigenvalue weighted by molar-refractivity contribution is 5.94. The van der Waals surface area contributed by atoms with Gasteiger partial charge in [-0.25, -0.2) is 4.68 Å². The lowest BCUT2D eigenvalue weighted by atomic mass is 9.99. The van der Waals surface area contributed by atoms with Crippen molar-refractivity contribution in [1.82, 2.24) is 14.7 Å². The van der Waals surface area contributed by atoms with Crippen molar-refractivity contribution in [3.8, 4) is 16.9 Å². The van der Waals surface area contributed by atoms with Crippen LogP contribution in [0.3, 0.4) is 0 Å². The Balaban J connectivity index is 1.55. The second-order valence-corrected chi connectivity index (χ2v) is 7.71. The molecule has 4 aromatic rings. The highest BCUT2D eigenvalue weighted by Gasteiger charge is 2.26. The van der Waals surface area contributed by atoms with Crippen LogP contribution in [0.5, 0.6) is 0 Å². The normalized spacial score (nSPS) is 12.9. The van der Waals surface area contributed by atoms with Crippen LogP contribution in [-0.2, 0) is 13.0 Å². The Hall–Kier alpha value is -4.26. The van der Waals surface area contributed by atoms with Crippen LogP contribution in [0.4, 0.5) is 5.69 Å². The van der Waals surface area contributed by atoms with Gasteiger partial charge in [-0.15, -0.1) is 0 Å². The van der Waals surface area contributed by atoms with E-state index in [1.54, 1.807) is 22.9 Å². The lowest BCUT2D eigenvalue weighted by molar-refractivity contribution is -0.384. The van der Waals surface area contributed by atoms with E-state index in [1.165, 1.54) is 17.7 Å². The molecule has 0 saturated heterocycles. The first-order valence-electron chi connectivity index (χ1n) is 10.4. The molecule has 32 heavy (non-hydrogen) atoms. The molecule has 1 aliphatic rings. The zero-order chi connectivity index (χ0) is 22.1. The molecule has 0 atom stereocenters. The topological polar surface area (TPSA) is 81.3 Å². The number of benzene rings is 3.